The fourth-order valence-electron chi connectivity index (χ4n) is 2.16. The minimum atomic E-state index is -0.809. The van der Waals surface area contributed by atoms with Gasteiger partial charge in [0.05, 0.1) is 29.4 Å². The third kappa shape index (κ3) is 2.31. The summed E-state index contributed by atoms with van der Waals surface area (Å²) >= 11 is 1.58. The van der Waals surface area contributed by atoms with Crippen molar-refractivity contribution in [1.29, 1.82) is 0 Å². The maximum Gasteiger partial charge on any atom is 0.305 e. The van der Waals surface area contributed by atoms with Crippen LogP contribution in [0.4, 0.5) is 5.69 Å². The maximum absolute atomic E-state index is 10.7. The van der Waals surface area contributed by atoms with Crippen LogP contribution in [0.3, 0.4) is 0 Å². The van der Waals surface area contributed by atoms with Crippen molar-refractivity contribution in [2.45, 2.75) is 12.5 Å². The molecule has 1 aliphatic rings. The van der Waals surface area contributed by atoms with Crippen LogP contribution in [0.25, 0.3) is 10.9 Å². The third-order valence-corrected chi connectivity index (χ3v) is 4.19. The molecule has 0 saturated carbocycles. The van der Waals surface area contributed by atoms with Gasteiger partial charge in [0.25, 0.3) is 0 Å². The fraction of sp³-hybridized carbons (Fsp3) is 0.231. The van der Waals surface area contributed by atoms with Crippen molar-refractivity contribution in [2.75, 3.05) is 11.5 Å². The Bertz CT molecular complexity index is 678. The first-order valence-corrected chi connectivity index (χ1v) is 6.92. The molecule has 1 aromatic heterocycles. The first-order chi connectivity index (χ1) is 9.13. The third-order valence-electron chi connectivity index (χ3n) is 3.04. The number of nitrogens with zero attached hydrogens (tertiary/aromatic N) is 1. The Morgan fingerprint density at radius 2 is 2.42 bits per heavy atom. The molecule has 0 saturated heterocycles. The summed E-state index contributed by atoms with van der Waals surface area (Å²) in [6.07, 6.45) is 0.0822. The molecule has 1 aromatic carbocycles. The number of nitrogen functional groups attached to an aromatic ring is 1. The Morgan fingerprint density at radius 3 is 3.16 bits per heavy atom. The molecule has 0 aliphatic carbocycles. The molecule has 0 bridgehead atoms. The first-order valence-electron chi connectivity index (χ1n) is 5.93. The highest BCUT2D eigenvalue weighted by Crippen LogP contribution is 2.28. The number of nitrogens with two attached hydrogens (primary N) is 1. The molecule has 2 heterocycles. The number of anilines is 1. The van der Waals surface area contributed by atoms with Crippen LogP contribution in [0.15, 0.2) is 29.3 Å². The van der Waals surface area contributed by atoms with E-state index >= 15 is 0 Å². The Hall–Kier alpha value is -1.95. The van der Waals surface area contributed by atoms with Gasteiger partial charge < -0.3 is 15.8 Å². The molecule has 1 atom stereocenters. The van der Waals surface area contributed by atoms with Crippen LogP contribution >= 0.6 is 11.8 Å². The minimum Gasteiger partial charge on any atom is -0.481 e. The van der Waals surface area contributed by atoms with Gasteiger partial charge in [0.2, 0.25) is 0 Å². The van der Waals surface area contributed by atoms with Gasteiger partial charge in [0.15, 0.2) is 0 Å². The second-order valence-electron chi connectivity index (χ2n) is 4.49. The van der Waals surface area contributed by atoms with E-state index in [9.17, 15) is 4.79 Å². The Morgan fingerprint density at radius 1 is 1.58 bits per heavy atom. The number of thioether (sulfide) groups is 1. The minimum absolute atomic E-state index is 0.0822. The molecule has 6 heteroatoms. The van der Waals surface area contributed by atoms with Crippen molar-refractivity contribution < 1.29 is 9.90 Å². The van der Waals surface area contributed by atoms with Crippen LogP contribution in [0.5, 0.6) is 0 Å². The molecule has 0 fully saturated rings. The van der Waals surface area contributed by atoms with E-state index in [2.05, 4.69) is 9.98 Å². The second-order valence-corrected chi connectivity index (χ2v) is 5.50. The van der Waals surface area contributed by atoms with Gasteiger partial charge in [-0.25, -0.2) is 0 Å². The van der Waals surface area contributed by atoms with Gasteiger partial charge in [-0.3, -0.25) is 9.79 Å². The number of fused-ring (bicyclic) bond motifs is 1. The summed E-state index contributed by atoms with van der Waals surface area (Å²) in [7, 11) is 0. The van der Waals surface area contributed by atoms with Crippen LogP contribution in [0, 0.1) is 0 Å². The number of nitrogens with one attached hydrogen (secondary N) is 1. The highest BCUT2D eigenvalue weighted by molar-refractivity contribution is 8.14. The van der Waals surface area contributed by atoms with E-state index in [1.807, 2.05) is 24.3 Å². The average Bonchev–Trinajstić information content (AvgIpc) is 2.94. The number of benzene rings is 1. The Labute approximate surface area is 113 Å². The fourth-order valence-corrected chi connectivity index (χ4v) is 3.20. The predicted octanol–water partition coefficient (Wildman–Crippen LogP) is 2.09. The summed E-state index contributed by atoms with van der Waals surface area (Å²) in [4.78, 5) is 18.4. The van der Waals surface area contributed by atoms with Crippen molar-refractivity contribution in [3.8, 4) is 0 Å². The highest BCUT2D eigenvalue weighted by Gasteiger charge is 2.22. The summed E-state index contributed by atoms with van der Waals surface area (Å²) in [6, 6.07) is 7.61. The summed E-state index contributed by atoms with van der Waals surface area (Å²) in [5.41, 5.74) is 8.42. The van der Waals surface area contributed by atoms with Gasteiger partial charge >= 0.3 is 5.97 Å². The van der Waals surface area contributed by atoms with E-state index in [0.29, 0.717) is 11.4 Å². The molecule has 19 heavy (non-hydrogen) atoms. The summed E-state index contributed by atoms with van der Waals surface area (Å²) in [6.45, 7) is 0. The standard InChI is InChI=1S/C13H13N3O2S/c14-9-3-1-2-7-4-10(16-12(7)9)13-15-8(6-19-13)5-11(17)18/h1-4,8,16H,5-6,14H2,(H,17,18). The molecule has 2 aromatic rings. The molecule has 4 N–H and O–H groups in total. The normalized spacial score (nSPS) is 18.7. The number of rotatable bonds is 3. The number of carboxylic acid groups (broad SMARTS) is 1. The lowest BCUT2D eigenvalue weighted by Crippen LogP contribution is -2.10. The van der Waals surface area contributed by atoms with E-state index in [1.165, 1.54) is 0 Å². The maximum atomic E-state index is 10.7. The van der Waals surface area contributed by atoms with Crippen molar-refractivity contribution in [2.24, 2.45) is 4.99 Å². The molecule has 0 radical (unpaired) electrons. The number of aliphatic imine (C=N–C) groups is 1. The van der Waals surface area contributed by atoms with E-state index in [0.717, 1.165) is 21.6 Å². The molecule has 1 unspecified atom stereocenters. The zero-order valence-corrected chi connectivity index (χ0v) is 10.9. The van der Waals surface area contributed by atoms with Gasteiger partial charge in [0, 0.05) is 11.1 Å². The summed E-state index contributed by atoms with van der Waals surface area (Å²) in [5, 5.41) is 10.7. The number of hydrogen-bond acceptors (Lipinski definition) is 4. The molecular formula is C13H13N3O2S. The second kappa shape index (κ2) is 4.62. The van der Waals surface area contributed by atoms with E-state index in [-0.39, 0.29) is 12.5 Å². The number of carboxylic acids is 1. The van der Waals surface area contributed by atoms with Gasteiger partial charge in [-0.15, -0.1) is 11.8 Å². The van der Waals surface area contributed by atoms with E-state index < -0.39 is 5.97 Å². The molecular weight excluding hydrogens is 262 g/mol. The Balaban J connectivity index is 1.93. The number of H-pyrrole nitrogens is 1. The molecule has 0 amide bonds. The van der Waals surface area contributed by atoms with Crippen molar-refractivity contribution in [3.63, 3.8) is 0 Å². The lowest BCUT2D eigenvalue weighted by molar-refractivity contribution is -0.137. The summed E-state index contributed by atoms with van der Waals surface area (Å²) < 4.78 is 0. The lowest BCUT2D eigenvalue weighted by Gasteiger charge is -1.98. The number of aliphatic carboxylic acids is 1. The Kier molecular flexibility index (Phi) is 2.94. The smallest absolute Gasteiger partial charge is 0.305 e. The van der Waals surface area contributed by atoms with Crippen molar-refractivity contribution in [1.82, 2.24) is 4.98 Å². The predicted molar refractivity (Wildman–Crippen MR) is 77.7 cm³/mol. The van der Waals surface area contributed by atoms with Crippen molar-refractivity contribution >= 4 is 39.4 Å². The first kappa shape index (κ1) is 12.1. The zero-order valence-electron chi connectivity index (χ0n) is 10.1. The topological polar surface area (TPSA) is 91.5 Å². The highest BCUT2D eigenvalue weighted by atomic mass is 32.2. The van der Waals surface area contributed by atoms with Crippen LogP contribution in [0.2, 0.25) is 0 Å². The zero-order chi connectivity index (χ0) is 13.4. The van der Waals surface area contributed by atoms with Crippen LogP contribution < -0.4 is 5.73 Å². The summed E-state index contributed by atoms with van der Waals surface area (Å²) in [5.74, 6) is -0.0940. The average molecular weight is 275 g/mol. The van der Waals surface area contributed by atoms with Gasteiger partial charge in [-0.05, 0) is 12.1 Å². The van der Waals surface area contributed by atoms with E-state index in [4.69, 9.17) is 10.8 Å². The van der Waals surface area contributed by atoms with Gasteiger partial charge in [-0.1, -0.05) is 12.1 Å². The number of para-hydroxylation sites is 1. The molecule has 98 valence electrons. The van der Waals surface area contributed by atoms with Gasteiger partial charge in [-0.2, -0.15) is 0 Å². The van der Waals surface area contributed by atoms with Crippen LogP contribution in [-0.4, -0.2) is 32.9 Å². The van der Waals surface area contributed by atoms with Crippen molar-refractivity contribution in [3.05, 3.63) is 30.0 Å². The number of aromatic amines is 1. The largest absolute Gasteiger partial charge is 0.481 e. The van der Waals surface area contributed by atoms with Crippen LogP contribution in [0.1, 0.15) is 12.1 Å². The van der Waals surface area contributed by atoms with Gasteiger partial charge in [0.1, 0.15) is 5.04 Å². The number of aromatic nitrogens is 1. The SMILES string of the molecule is Nc1cccc2cc(C3=NC(CC(=O)O)CS3)[nH]c12. The molecule has 5 nitrogen and oxygen atoms in total. The van der Waals surface area contributed by atoms with E-state index in [1.54, 1.807) is 11.8 Å². The molecule has 3 rings (SSSR count). The monoisotopic (exact) mass is 275 g/mol. The quantitative estimate of drug-likeness (QED) is 0.748. The number of hydrogen-bond donors (Lipinski definition) is 3. The number of carbonyl (C=O) groups is 1. The van der Waals surface area contributed by atoms with Crippen LogP contribution in [-0.2, 0) is 4.79 Å². The molecule has 0 spiro atoms. The lowest BCUT2D eigenvalue weighted by atomic mass is 10.2. The molecule has 1 aliphatic heterocycles.